The Hall–Kier alpha value is -1.84. The van der Waals surface area contributed by atoms with Crippen LogP contribution in [0.2, 0.25) is 0 Å². The predicted octanol–water partition coefficient (Wildman–Crippen LogP) is 2.87. The van der Waals surface area contributed by atoms with Gasteiger partial charge in [0.15, 0.2) is 0 Å². The Kier molecular flexibility index (Phi) is 3.49. The van der Waals surface area contributed by atoms with Gasteiger partial charge < -0.3 is 14.8 Å². The molecule has 98 valence electrons. The van der Waals surface area contributed by atoms with Gasteiger partial charge in [-0.05, 0) is 24.1 Å². The minimum atomic E-state index is 0.0844. The van der Waals surface area contributed by atoms with Gasteiger partial charge in [0, 0.05) is 21.8 Å². The van der Waals surface area contributed by atoms with Crippen LogP contribution in [0.1, 0.15) is 5.56 Å². The summed E-state index contributed by atoms with van der Waals surface area (Å²) in [4.78, 5) is 3.44. The molecule has 0 atom stereocenters. The topological polar surface area (TPSA) is 45.2 Å². The zero-order chi connectivity index (χ0) is 13.1. The van der Waals surface area contributed by atoms with Gasteiger partial charge in [-0.3, -0.25) is 0 Å². The smallest absolute Gasteiger partial charge is 0.0697 e. The second-order valence-electron chi connectivity index (χ2n) is 4.64. The number of rotatable bonds is 5. The van der Waals surface area contributed by atoms with E-state index in [0.717, 1.165) is 6.42 Å². The second-order valence-corrected chi connectivity index (χ2v) is 4.64. The van der Waals surface area contributed by atoms with Gasteiger partial charge in [-0.2, -0.15) is 0 Å². The quantitative estimate of drug-likeness (QED) is 0.689. The number of aromatic nitrogens is 1. The zero-order valence-electron chi connectivity index (χ0n) is 10.7. The Morgan fingerprint density at radius 2 is 1.79 bits per heavy atom. The average molecular weight is 255 g/mol. The van der Waals surface area contributed by atoms with Gasteiger partial charge in [0.25, 0.3) is 0 Å². The molecule has 19 heavy (non-hydrogen) atoms. The highest BCUT2D eigenvalue weighted by Crippen LogP contribution is 2.25. The summed E-state index contributed by atoms with van der Waals surface area (Å²) < 4.78 is 5.30. The first-order chi connectivity index (χ1) is 9.38. The van der Waals surface area contributed by atoms with Crippen LogP contribution in [0.15, 0.2) is 42.5 Å². The average Bonchev–Trinajstić information content (AvgIpc) is 2.81. The molecule has 3 rings (SSSR count). The molecule has 0 unspecified atom stereocenters. The largest absolute Gasteiger partial charge is 0.394 e. The van der Waals surface area contributed by atoms with Crippen LogP contribution in [0.5, 0.6) is 0 Å². The lowest BCUT2D eigenvalue weighted by molar-refractivity contribution is 0.0944. The Morgan fingerprint density at radius 3 is 2.68 bits per heavy atom. The second kappa shape index (κ2) is 5.43. The summed E-state index contributed by atoms with van der Waals surface area (Å²) in [5.41, 5.74) is 3.59. The molecular weight excluding hydrogens is 238 g/mol. The summed E-state index contributed by atoms with van der Waals surface area (Å²) in [5, 5.41) is 11.2. The number of para-hydroxylation sites is 1. The van der Waals surface area contributed by atoms with Crippen LogP contribution < -0.4 is 0 Å². The molecule has 0 spiro atoms. The van der Waals surface area contributed by atoms with Crippen molar-refractivity contribution in [3.63, 3.8) is 0 Å². The van der Waals surface area contributed by atoms with Gasteiger partial charge in [0.1, 0.15) is 0 Å². The van der Waals surface area contributed by atoms with E-state index in [1.54, 1.807) is 0 Å². The summed E-state index contributed by atoms with van der Waals surface area (Å²) in [6.45, 7) is 1.14. The van der Waals surface area contributed by atoms with E-state index in [0.29, 0.717) is 13.2 Å². The van der Waals surface area contributed by atoms with Crippen molar-refractivity contribution >= 4 is 21.8 Å². The van der Waals surface area contributed by atoms with Gasteiger partial charge in [-0.1, -0.05) is 30.3 Å². The van der Waals surface area contributed by atoms with Crippen molar-refractivity contribution in [3.05, 3.63) is 48.0 Å². The normalized spacial score (nSPS) is 11.4. The monoisotopic (exact) mass is 255 g/mol. The summed E-state index contributed by atoms with van der Waals surface area (Å²) in [5.74, 6) is 0. The first-order valence-corrected chi connectivity index (χ1v) is 6.56. The molecule has 0 saturated heterocycles. The number of ether oxygens (including phenoxy) is 1. The maximum absolute atomic E-state index is 8.66. The van der Waals surface area contributed by atoms with E-state index in [-0.39, 0.29) is 6.61 Å². The predicted molar refractivity (Wildman–Crippen MR) is 77.4 cm³/mol. The summed E-state index contributed by atoms with van der Waals surface area (Å²) >= 11 is 0. The van der Waals surface area contributed by atoms with E-state index >= 15 is 0 Å². The van der Waals surface area contributed by atoms with Crippen LogP contribution >= 0.6 is 0 Å². The van der Waals surface area contributed by atoms with Gasteiger partial charge >= 0.3 is 0 Å². The van der Waals surface area contributed by atoms with Crippen molar-refractivity contribution in [1.82, 2.24) is 4.98 Å². The molecular formula is C16H17NO2. The summed E-state index contributed by atoms with van der Waals surface area (Å²) in [6.07, 6.45) is 0.866. The van der Waals surface area contributed by atoms with Crippen LogP contribution in [0.3, 0.4) is 0 Å². The highest BCUT2D eigenvalue weighted by atomic mass is 16.5. The molecule has 3 aromatic rings. The molecule has 1 heterocycles. The van der Waals surface area contributed by atoms with E-state index in [9.17, 15) is 0 Å². The third-order valence-corrected chi connectivity index (χ3v) is 3.34. The van der Waals surface area contributed by atoms with Gasteiger partial charge in [0.2, 0.25) is 0 Å². The Bertz CT molecular complexity index is 687. The SMILES string of the molecule is OCCOCCc1ccc2c(c1)[nH]c1ccccc12. The van der Waals surface area contributed by atoms with Crippen LogP contribution in [-0.2, 0) is 11.2 Å². The van der Waals surface area contributed by atoms with Crippen molar-refractivity contribution in [2.45, 2.75) is 6.42 Å². The van der Waals surface area contributed by atoms with Crippen LogP contribution in [-0.4, -0.2) is 29.9 Å². The highest BCUT2D eigenvalue weighted by molar-refractivity contribution is 6.07. The first-order valence-electron chi connectivity index (χ1n) is 6.56. The Morgan fingerprint density at radius 1 is 0.947 bits per heavy atom. The fourth-order valence-corrected chi connectivity index (χ4v) is 2.41. The number of aromatic amines is 1. The minimum Gasteiger partial charge on any atom is -0.394 e. The summed E-state index contributed by atoms with van der Waals surface area (Å²) in [7, 11) is 0. The molecule has 3 heteroatoms. The van der Waals surface area contributed by atoms with Crippen LogP contribution in [0.4, 0.5) is 0 Å². The van der Waals surface area contributed by atoms with E-state index in [1.807, 2.05) is 6.07 Å². The molecule has 3 nitrogen and oxygen atoms in total. The number of nitrogens with one attached hydrogen (secondary N) is 1. The first kappa shape index (κ1) is 12.2. The molecule has 0 radical (unpaired) electrons. The number of H-pyrrole nitrogens is 1. The van der Waals surface area contributed by atoms with Gasteiger partial charge in [-0.15, -0.1) is 0 Å². The number of aliphatic hydroxyl groups excluding tert-OH is 1. The number of benzene rings is 2. The van der Waals surface area contributed by atoms with Crippen molar-refractivity contribution in [2.75, 3.05) is 19.8 Å². The van der Waals surface area contributed by atoms with E-state index in [4.69, 9.17) is 9.84 Å². The van der Waals surface area contributed by atoms with Crippen LogP contribution in [0, 0.1) is 0 Å². The molecule has 0 aliphatic carbocycles. The van der Waals surface area contributed by atoms with Crippen molar-refractivity contribution < 1.29 is 9.84 Å². The number of hydrogen-bond acceptors (Lipinski definition) is 2. The lowest BCUT2D eigenvalue weighted by Crippen LogP contribution is -2.03. The lowest BCUT2D eigenvalue weighted by Gasteiger charge is -2.03. The molecule has 0 bridgehead atoms. The standard InChI is InChI=1S/C16H17NO2/c18-8-10-19-9-7-12-5-6-14-13-3-1-2-4-15(13)17-16(14)11-12/h1-6,11,17-18H,7-10H2. The van der Waals surface area contributed by atoms with Crippen molar-refractivity contribution in [1.29, 1.82) is 0 Å². The fourth-order valence-electron chi connectivity index (χ4n) is 2.41. The van der Waals surface area contributed by atoms with Crippen LogP contribution in [0.25, 0.3) is 21.8 Å². The fraction of sp³-hybridized carbons (Fsp3) is 0.250. The number of fused-ring (bicyclic) bond motifs is 3. The molecule has 2 aromatic carbocycles. The molecule has 0 saturated carbocycles. The molecule has 2 N–H and O–H groups in total. The molecule has 0 fully saturated rings. The maximum Gasteiger partial charge on any atom is 0.0697 e. The third-order valence-electron chi connectivity index (χ3n) is 3.34. The minimum absolute atomic E-state index is 0.0844. The lowest BCUT2D eigenvalue weighted by atomic mass is 10.1. The van der Waals surface area contributed by atoms with Gasteiger partial charge in [-0.25, -0.2) is 0 Å². The number of hydrogen-bond donors (Lipinski definition) is 2. The Balaban J connectivity index is 1.86. The van der Waals surface area contributed by atoms with Crippen molar-refractivity contribution in [2.24, 2.45) is 0 Å². The van der Waals surface area contributed by atoms with E-state index in [2.05, 4.69) is 41.4 Å². The molecule has 0 amide bonds. The maximum atomic E-state index is 8.66. The molecule has 0 aliphatic rings. The molecule has 1 aromatic heterocycles. The molecule has 0 aliphatic heterocycles. The van der Waals surface area contributed by atoms with Crippen molar-refractivity contribution in [3.8, 4) is 0 Å². The zero-order valence-corrected chi connectivity index (χ0v) is 10.7. The summed E-state index contributed by atoms with van der Waals surface area (Å²) in [6, 6.07) is 14.8. The Labute approximate surface area is 111 Å². The van der Waals surface area contributed by atoms with E-state index in [1.165, 1.54) is 27.4 Å². The highest BCUT2D eigenvalue weighted by Gasteiger charge is 2.04. The number of aliphatic hydroxyl groups is 1. The van der Waals surface area contributed by atoms with E-state index < -0.39 is 0 Å². The van der Waals surface area contributed by atoms with Gasteiger partial charge in [0.05, 0.1) is 19.8 Å². The third kappa shape index (κ3) is 2.48.